The van der Waals surface area contributed by atoms with E-state index in [0.717, 1.165) is 0 Å². The first-order chi connectivity index (χ1) is 10.3. The second-order valence-corrected chi connectivity index (χ2v) is 5.98. The highest BCUT2D eigenvalue weighted by Crippen LogP contribution is 2.18. The van der Waals surface area contributed by atoms with Crippen LogP contribution in [0.25, 0.3) is 0 Å². The molecule has 1 aromatic carbocycles. The van der Waals surface area contributed by atoms with E-state index < -0.39 is 6.10 Å². The van der Waals surface area contributed by atoms with Crippen molar-refractivity contribution in [2.45, 2.75) is 32.5 Å². The Kier molecular flexibility index (Phi) is 4.88. The third-order valence-corrected chi connectivity index (χ3v) is 2.87. The number of aliphatic hydroxyl groups excluding tert-OH is 1. The predicted molar refractivity (Wildman–Crippen MR) is 82.8 cm³/mol. The normalized spacial score (nSPS) is 12.7. The minimum Gasteiger partial charge on any atom is -0.488 e. The molecule has 0 bridgehead atoms. The highest BCUT2D eigenvalue weighted by Gasteiger charge is 2.14. The van der Waals surface area contributed by atoms with Crippen molar-refractivity contribution in [3.63, 3.8) is 0 Å². The Balaban J connectivity index is 1.90. The molecule has 0 spiro atoms. The van der Waals surface area contributed by atoms with Gasteiger partial charge in [0.05, 0.1) is 12.8 Å². The molecule has 5 nitrogen and oxygen atoms in total. The summed E-state index contributed by atoms with van der Waals surface area (Å²) in [6.07, 6.45) is 0.622. The Morgan fingerprint density at radius 2 is 1.95 bits per heavy atom. The number of furan rings is 1. The SMILES string of the molecule is CC(C)(C)Oc1ccc(C(=O)NCC(O)c2ccco2)cc1. The molecule has 1 atom stereocenters. The molecule has 0 fully saturated rings. The van der Waals surface area contributed by atoms with Crippen LogP contribution in [-0.2, 0) is 0 Å². The van der Waals surface area contributed by atoms with Crippen molar-refractivity contribution in [3.05, 3.63) is 54.0 Å². The minimum absolute atomic E-state index is 0.0899. The third kappa shape index (κ3) is 4.63. The lowest BCUT2D eigenvalue weighted by atomic mass is 10.1. The van der Waals surface area contributed by atoms with Crippen LogP contribution in [0.2, 0.25) is 0 Å². The van der Waals surface area contributed by atoms with E-state index in [1.807, 2.05) is 20.8 Å². The average molecular weight is 303 g/mol. The molecular weight excluding hydrogens is 282 g/mol. The summed E-state index contributed by atoms with van der Waals surface area (Å²) in [5.41, 5.74) is 0.226. The van der Waals surface area contributed by atoms with Crippen LogP contribution in [0, 0.1) is 0 Å². The molecule has 0 radical (unpaired) electrons. The number of amides is 1. The molecule has 5 heteroatoms. The Morgan fingerprint density at radius 1 is 1.27 bits per heavy atom. The van der Waals surface area contributed by atoms with Crippen molar-refractivity contribution >= 4 is 5.91 Å². The quantitative estimate of drug-likeness (QED) is 0.891. The Labute approximate surface area is 129 Å². The first-order valence-corrected chi connectivity index (χ1v) is 7.14. The van der Waals surface area contributed by atoms with Gasteiger partial charge in [0, 0.05) is 5.56 Å². The molecule has 0 saturated heterocycles. The monoisotopic (exact) mass is 303 g/mol. The van der Waals surface area contributed by atoms with Crippen LogP contribution in [0.1, 0.15) is 43.0 Å². The lowest BCUT2D eigenvalue weighted by Gasteiger charge is -2.21. The molecule has 2 rings (SSSR count). The fraction of sp³-hybridized carbons (Fsp3) is 0.353. The summed E-state index contributed by atoms with van der Waals surface area (Å²) in [7, 11) is 0. The molecule has 118 valence electrons. The van der Waals surface area contributed by atoms with E-state index >= 15 is 0 Å². The number of benzene rings is 1. The van der Waals surface area contributed by atoms with Gasteiger partial charge in [-0.15, -0.1) is 0 Å². The van der Waals surface area contributed by atoms with Gasteiger partial charge in [-0.25, -0.2) is 0 Å². The van der Waals surface area contributed by atoms with E-state index in [9.17, 15) is 9.90 Å². The van der Waals surface area contributed by atoms with E-state index in [4.69, 9.17) is 9.15 Å². The van der Waals surface area contributed by atoms with Crippen LogP contribution in [0.5, 0.6) is 5.75 Å². The standard InChI is InChI=1S/C17H21NO4/c1-17(2,3)22-13-8-6-12(7-9-13)16(20)18-11-14(19)15-5-4-10-21-15/h4-10,14,19H,11H2,1-3H3,(H,18,20). The van der Waals surface area contributed by atoms with Gasteiger partial charge in [0.1, 0.15) is 23.2 Å². The topological polar surface area (TPSA) is 71.7 Å². The zero-order valence-corrected chi connectivity index (χ0v) is 13.0. The minimum atomic E-state index is -0.859. The van der Waals surface area contributed by atoms with Crippen molar-refractivity contribution in [2.24, 2.45) is 0 Å². The molecule has 2 N–H and O–H groups in total. The second-order valence-electron chi connectivity index (χ2n) is 5.98. The van der Waals surface area contributed by atoms with Gasteiger partial charge in [-0.3, -0.25) is 4.79 Å². The van der Waals surface area contributed by atoms with Crippen molar-refractivity contribution in [1.82, 2.24) is 5.32 Å². The molecule has 0 aliphatic carbocycles. The van der Waals surface area contributed by atoms with Gasteiger partial charge >= 0.3 is 0 Å². The van der Waals surface area contributed by atoms with Crippen molar-refractivity contribution < 1.29 is 19.1 Å². The van der Waals surface area contributed by atoms with Crippen LogP contribution in [0.4, 0.5) is 0 Å². The maximum Gasteiger partial charge on any atom is 0.251 e. The van der Waals surface area contributed by atoms with E-state index in [1.165, 1.54) is 6.26 Å². The smallest absolute Gasteiger partial charge is 0.251 e. The Hall–Kier alpha value is -2.27. The molecule has 1 unspecified atom stereocenters. The maximum absolute atomic E-state index is 12.0. The first-order valence-electron chi connectivity index (χ1n) is 7.14. The van der Waals surface area contributed by atoms with E-state index in [0.29, 0.717) is 17.1 Å². The van der Waals surface area contributed by atoms with Gasteiger partial charge in [-0.05, 0) is 57.2 Å². The first kappa shape index (κ1) is 16.1. The van der Waals surface area contributed by atoms with Crippen LogP contribution >= 0.6 is 0 Å². The van der Waals surface area contributed by atoms with Gasteiger partial charge in [0.2, 0.25) is 0 Å². The molecule has 0 aliphatic rings. The summed E-state index contributed by atoms with van der Waals surface area (Å²) < 4.78 is 10.8. The molecular formula is C17H21NO4. The molecule has 22 heavy (non-hydrogen) atoms. The zero-order chi connectivity index (χ0) is 16.2. The number of hydrogen-bond acceptors (Lipinski definition) is 4. The lowest BCUT2D eigenvalue weighted by Crippen LogP contribution is -2.28. The van der Waals surface area contributed by atoms with Gasteiger partial charge in [0.25, 0.3) is 5.91 Å². The van der Waals surface area contributed by atoms with Crippen LogP contribution in [-0.4, -0.2) is 23.2 Å². The van der Waals surface area contributed by atoms with Crippen LogP contribution < -0.4 is 10.1 Å². The summed E-state index contributed by atoms with van der Waals surface area (Å²) in [4.78, 5) is 12.0. The maximum atomic E-state index is 12.0. The lowest BCUT2D eigenvalue weighted by molar-refractivity contribution is 0.0901. The van der Waals surface area contributed by atoms with Crippen molar-refractivity contribution in [1.29, 1.82) is 0 Å². The zero-order valence-electron chi connectivity index (χ0n) is 13.0. The summed E-state index contributed by atoms with van der Waals surface area (Å²) in [6, 6.07) is 10.2. The summed E-state index contributed by atoms with van der Waals surface area (Å²) in [5, 5.41) is 12.5. The Morgan fingerprint density at radius 3 is 2.50 bits per heavy atom. The molecule has 0 saturated carbocycles. The van der Waals surface area contributed by atoms with E-state index in [1.54, 1.807) is 36.4 Å². The molecule has 1 amide bonds. The van der Waals surface area contributed by atoms with Gasteiger partial charge in [-0.2, -0.15) is 0 Å². The number of carbonyl (C=O) groups excluding carboxylic acids is 1. The molecule has 1 aromatic heterocycles. The Bertz CT molecular complexity index is 597. The van der Waals surface area contributed by atoms with Gasteiger partial charge in [0.15, 0.2) is 0 Å². The van der Waals surface area contributed by atoms with Crippen molar-refractivity contribution in [2.75, 3.05) is 6.54 Å². The average Bonchev–Trinajstić information content (AvgIpc) is 2.97. The highest BCUT2D eigenvalue weighted by molar-refractivity contribution is 5.94. The summed E-state index contributed by atoms with van der Waals surface area (Å²) in [6.45, 7) is 5.98. The van der Waals surface area contributed by atoms with Crippen LogP contribution in [0.15, 0.2) is 47.1 Å². The summed E-state index contributed by atoms with van der Waals surface area (Å²) in [5.74, 6) is 0.877. The fourth-order valence-electron chi connectivity index (χ4n) is 1.90. The number of hydrogen-bond donors (Lipinski definition) is 2. The van der Waals surface area contributed by atoms with Crippen LogP contribution in [0.3, 0.4) is 0 Å². The fourth-order valence-corrected chi connectivity index (χ4v) is 1.90. The van der Waals surface area contributed by atoms with E-state index in [-0.39, 0.29) is 18.1 Å². The second kappa shape index (κ2) is 6.66. The molecule has 2 aromatic rings. The number of ether oxygens (including phenoxy) is 1. The number of nitrogens with one attached hydrogen (secondary N) is 1. The molecule has 1 heterocycles. The number of aliphatic hydroxyl groups is 1. The van der Waals surface area contributed by atoms with Gasteiger partial charge < -0.3 is 19.6 Å². The van der Waals surface area contributed by atoms with Gasteiger partial charge in [-0.1, -0.05) is 0 Å². The van der Waals surface area contributed by atoms with E-state index in [2.05, 4.69) is 5.32 Å². The number of rotatable bonds is 5. The molecule has 0 aliphatic heterocycles. The highest BCUT2D eigenvalue weighted by atomic mass is 16.5. The van der Waals surface area contributed by atoms with Crippen molar-refractivity contribution in [3.8, 4) is 5.75 Å². The summed E-state index contributed by atoms with van der Waals surface area (Å²) >= 11 is 0. The largest absolute Gasteiger partial charge is 0.488 e. The predicted octanol–water partition coefficient (Wildman–Crippen LogP) is 2.92. The third-order valence-electron chi connectivity index (χ3n) is 2.87. The number of carbonyl (C=O) groups is 1.